The lowest BCUT2D eigenvalue weighted by Gasteiger charge is -2.38. The van der Waals surface area contributed by atoms with Crippen LogP contribution in [0, 0.1) is 13.8 Å². The van der Waals surface area contributed by atoms with E-state index < -0.39 is 11.8 Å². The summed E-state index contributed by atoms with van der Waals surface area (Å²) < 4.78 is 0. The maximum atomic E-state index is 12.4. The first-order chi connectivity index (χ1) is 13.9. The second-order valence-electron chi connectivity index (χ2n) is 7.60. The normalized spacial score (nSPS) is 16.2. The number of likely N-dealkylation sites (N-methyl/N-ethyl adjacent to an activating group) is 1. The fraction of sp³-hybridized carbons (Fsp3) is 0.409. The minimum absolute atomic E-state index is 0.0178. The van der Waals surface area contributed by atoms with Crippen molar-refractivity contribution in [2.75, 3.05) is 45.1 Å². The number of carbonyl (C=O) groups excluding carboxylic acids is 2. The van der Waals surface area contributed by atoms with Crippen molar-refractivity contribution in [3.63, 3.8) is 0 Å². The number of piperazine rings is 1. The summed E-state index contributed by atoms with van der Waals surface area (Å²) in [6, 6.07) is 9.48. The molecule has 1 atom stereocenters. The van der Waals surface area contributed by atoms with Gasteiger partial charge >= 0.3 is 11.8 Å². The molecule has 0 spiro atoms. The molecule has 0 bridgehead atoms. The molecule has 7 nitrogen and oxygen atoms in total. The van der Waals surface area contributed by atoms with Crippen LogP contribution in [-0.2, 0) is 9.59 Å². The Morgan fingerprint density at radius 2 is 1.83 bits per heavy atom. The highest BCUT2D eigenvalue weighted by molar-refractivity contribution is 6.39. The minimum atomic E-state index is -0.656. The molecule has 1 aliphatic rings. The zero-order valence-corrected chi connectivity index (χ0v) is 17.3. The van der Waals surface area contributed by atoms with E-state index in [0.29, 0.717) is 12.2 Å². The summed E-state index contributed by atoms with van der Waals surface area (Å²) in [6.07, 6.45) is 3.56. The van der Waals surface area contributed by atoms with Gasteiger partial charge < -0.3 is 15.5 Å². The number of rotatable bonds is 5. The monoisotopic (exact) mass is 395 g/mol. The van der Waals surface area contributed by atoms with Crippen LogP contribution in [0.15, 0.2) is 42.7 Å². The van der Waals surface area contributed by atoms with Crippen LogP contribution < -0.4 is 10.6 Å². The summed E-state index contributed by atoms with van der Waals surface area (Å²) in [4.78, 5) is 33.6. The van der Waals surface area contributed by atoms with Crippen molar-refractivity contribution in [3.05, 3.63) is 59.4 Å². The molecule has 0 aliphatic carbocycles. The van der Waals surface area contributed by atoms with Gasteiger partial charge in [-0.2, -0.15) is 0 Å². The Morgan fingerprint density at radius 1 is 1.07 bits per heavy atom. The lowest BCUT2D eigenvalue weighted by molar-refractivity contribution is -0.136. The molecule has 2 N–H and O–H groups in total. The van der Waals surface area contributed by atoms with Crippen molar-refractivity contribution < 1.29 is 9.59 Å². The average molecular weight is 396 g/mol. The molecule has 29 heavy (non-hydrogen) atoms. The third-order valence-electron chi connectivity index (χ3n) is 5.47. The minimum Gasteiger partial charge on any atom is -0.346 e. The molecule has 2 aromatic rings. The number of carbonyl (C=O) groups is 2. The van der Waals surface area contributed by atoms with Gasteiger partial charge in [-0.05, 0) is 55.8 Å². The van der Waals surface area contributed by atoms with Gasteiger partial charge in [0, 0.05) is 50.8 Å². The summed E-state index contributed by atoms with van der Waals surface area (Å²) in [5, 5.41) is 5.48. The van der Waals surface area contributed by atoms with Crippen LogP contribution in [0.4, 0.5) is 5.69 Å². The summed E-state index contributed by atoms with van der Waals surface area (Å²) in [5.74, 6) is -1.29. The van der Waals surface area contributed by atoms with Crippen molar-refractivity contribution in [2.45, 2.75) is 19.9 Å². The van der Waals surface area contributed by atoms with Crippen molar-refractivity contribution in [1.82, 2.24) is 20.1 Å². The van der Waals surface area contributed by atoms with Gasteiger partial charge in [0.1, 0.15) is 0 Å². The third kappa shape index (κ3) is 5.62. The van der Waals surface area contributed by atoms with E-state index in [0.717, 1.165) is 42.9 Å². The molecular formula is C22H29N5O2. The van der Waals surface area contributed by atoms with Gasteiger partial charge in [0.15, 0.2) is 0 Å². The summed E-state index contributed by atoms with van der Waals surface area (Å²) in [6.45, 7) is 8.08. The SMILES string of the molecule is Cc1ccc(NC(=O)C(=O)NC[C@@H](c2cccnc2)N2CCN(C)CC2)cc1C. The number of aryl methyl sites for hydroxylation is 2. The molecule has 1 aliphatic heterocycles. The molecule has 2 heterocycles. The maximum Gasteiger partial charge on any atom is 0.313 e. The van der Waals surface area contributed by atoms with E-state index in [-0.39, 0.29) is 6.04 Å². The molecule has 0 saturated carbocycles. The Morgan fingerprint density at radius 3 is 2.48 bits per heavy atom. The number of nitrogens with one attached hydrogen (secondary N) is 2. The largest absolute Gasteiger partial charge is 0.346 e. The van der Waals surface area contributed by atoms with E-state index in [1.54, 1.807) is 12.3 Å². The quantitative estimate of drug-likeness (QED) is 0.754. The van der Waals surface area contributed by atoms with Crippen molar-refractivity contribution in [2.24, 2.45) is 0 Å². The van der Waals surface area contributed by atoms with Crippen LogP contribution in [-0.4, -0.2) is 66.4 Å². The zero-order valence-electron chi connectivity index (χ0n) is 17.3. The topological polar surface area (TPSA) is 77.6 Å². The second-order valence-corrected chi connectivity index (χ2v) is 7.60. The predicted octanol–water partition coefficient (Wildman–Crippen LogP) is 1.74. The predicted molar refractivity (Wildman–Crippen MR) is 114 cm³/mol. The lowest BCUT2D eigenvalue weighted by Crippen LogP contribution is -2.49. The van der Waals surface area contributed by atoms with Gasteiger partial charge in [-0.15, -0.1) is 0 Å². The second kappa shape index (κ2) is 9.62. The van der Waals surface area contributed by atoms with Crippen LogP contribution in [0.3, 0.4) is 0 Å². The first kappa shape index (κ1) is 21.0. The first-order valence-corrected chi connectivity index (χ1v) is 9.93. The Labute approximate surface area is 172 Å². The highest BCUT2D eigenvalue weighted by Crippen LogP contribution is 2.21. The van der Waals surface area contributed by atoms with Crippen LogP contribution >= 0.6 is 0 Å². The molecule has 0 radical (unpaired) electrons. The number of pyridine rings is 1. The van der Waals surface area contributed by atoms with Gasteiger partial charge in [-0.1, -0.05) is 12.1 Å². The summed E-state index contributed by atoms with van der Waals surface area (Å²) >= 11 is 0. The van der Waals surface area contributed by atoms with Crippen LogP contribution in [0.25, 0.3) is 0 Å². The Bertz CT molecular complexity index is 848. The van der Waals surface area contributed by atoms with Crippen molar-refractivity contribution in [3.8, 4) is 0 Å². The number of aromatic nitrogens is 1. The average Bonchev–Trinajstić information content (AvgIpc) is 2.72. The van der Waals surface area contributed by atoms with Gasteiger partial charge in [-0.3, -0.25) is 19.5 Å². The molecule has 0 unspecified atom stereocenters. The number of amides is 2. The van der Waals surface area contributed by atoms with E-state index in [9.17, 15) is 9.59 Å². The molecule has 1 aromatic heterocycles. The molecule has 1 aromatic carbocycles. The zero-order chi connectivity index (χ0) is 20.8. The fourth-order valence-corrected chi connectivity index (χ4v) is 3.44. The third-order valence-corrected chi connectivity index (χ3v) is 5.47. The van der Waals surface area contributed by atoms with E-state index in [1.807, 2.05) is 44.3 Å². The Kier molecular flexibility index (Phi) is 6.95. The van der Waals surface area contributed by atoms with Crippen LogP contribution in [0.5, 0.6) is 0 Å². The Balaban J connectivity index is 1.62. The lowest BCUT2D eigenvalue weighted by atomic mass is 10.1. The highest BCUT2D eigenvalue weighted by Gasteiger charge is 2.25. The molecule has 3 rings (SSSR count). The van der Waals surface area contributed by atoms with E-state index in [2.05, 4.69) is 32.5 Å². The summed E-state index contributed by atoms with van der Waals surface area (Å²) in [7, 11) is 2.11. The van der Waals surface area contributed by atoms with Crippen molar-refractivity contribution >= 4 is 17.5 Å². The molecule has 154 valence electrons. The number of hydrogen-bond donors (Lipinski definition) is 2. The van der Waals surface area contributed by atoms with Gasteiger partial charge in [0.05, 0.1) is 6.04 Å². The molecule has 7 heteroatoms. The fourth-order valence-electron chi connectivity index (χ4n) is 3.44. The standard InChI is InChI=1S/C22H29N5O2/c1-16-6-7-19(13-17(16)2)25-22(29)21(28)24-15-20(18-5-4-8-23-14-18)27-11-9-26(3)10-12-27/h4-8,13-14,20H,9-12,15H2,1-3H3,(H,24,28)(H,25,29)/t20-/m0/s1. The van der Waals surface area contributed by atoms with E-state index >= 15 is 0 Å². The van der Waals surface area contributed by atoms with E-state index in [4.69, 9.17) is 0 Å². The number of anilines is 1. The first-order valence-electron chi connectivity index (χ1n) is 9.93. The number of hydrogen-bond acceptors (Lipinski definition) is 5. The molecule has 1 fully saturated rings. The molecule has 2 amide bonds. The van der Waals surface area contributed by atoms with Gasteiger partial charge in [0.25, 0.3) is 0 Å². The maximum absolute atomic E-state index is 12.4. The van der Waals surface area contributed by atoms with Crippen molar-refractivity contribution in [1.29, 1.82) is 0 Å². The van der Waals surface area contributed by atoms with Gasteiger partial charge in [-0.25, -0.2) is 0 Å². The summed E-state index contributed by atoms with van der Waals surface area (Å²) in [5.41, 5.74) is 3.86. The van der Waals surface area contributed by atoms with Crippen LogP contribution in [0.2, 0.25) is 0 Å². The smallest absolute Gasteiger partial charge is 0.313 e. The molecular weight excluding hydrogens is 366 g/mol. The molecule has 1 saturated heterocycles. The highest BCUT2D eigenvalue weighted by atomic mass is 16.2. The Hall–Kier alpha value is -2.77. The number of nitrogens with zero attached hydrogens (tertiary/aromatic N) is 3. The number of benzene rings is 1. The van der Waals surface area contributed by atoms with Gasteiger partial charge in [0.2, 0.25) is 0 Å². The van der Waals surface area contributed by atoms with E-state index in [1.165, 1.54) is 0 Å². The van der Waals surface area contributed by atoms with Crippen LogP contribution in [0.1, 0.15) is 22.7 Å².